The average Bonchev–Trinajstić information content (AvgIpc) is 3.24. The Morgan fingerprint density at radius 1 is 1.26 bits per heavy atom. The van der Waals surface area contributed by atoms with Gasteiger partial charge < -0.3 is 20.3 Å². The number of hydrogen-bond donors (Lipinski definition) is 3. The normalized spacial score (nSPS) is 21.3. The van der Waals surface area contributed by atoms with Crippen molar-refractivity contribution in [1.29, 1.82) is 0 Å². The number of H-pyrrole nitrogens is 1. The number of pyridine rings is 1. The Bertz CT molecular complexity index is 1240. The quantitative estimate of drug-likeness (QED) is 0.443. The number of nitrogens with zero attached hydrogens (tertiary/aromatic N) is 5. The van der Waals surface area contributed by atoms with Gasteiger partial charge in [-0.25, -0.2) is 9.97 Å². The second-order valence-electron chi connectivity index (χ2n) is 9.38. The zero-order valence-corrected chi connectivity index (χ0v) is 19.4. The summed E-state index contributed by atoms with van der Waals surface area (Å²) in [5.74, 6) is 1.70. The minimum atomic E-state index is -0.599. The van der Waals surface area contributed by atoms with Crippen LogP contribution in [0.5, 0.6) is 0 Å². The largest absolute Gasteiger partial charge is 0.380 e. The van der Waals surface area contributed by atoms with Gasteiger partial charge in [0.2, 0.25) is 17.8 Å². The number of aromatic amines is 1. The lowest BCUT2D eigenvalue weighted by Crippen LogP contribution is -2.41. The molecule has 2 aliphatic carbocycles. The van der Waals surface area contributed by atoms with Crippen LogP contribution in [0.25, 0.3) is 0 Å². The summed E-state index contributed by atoms with van der Waals surface area (Å²) in [7, 11) is 1.64. The van der Waals surface area contributed by atoms with Gasteiger partial charge in [-0.05, 0) is 44.2 Å². The molecule has 35 heavy (non-hydrogen) atoms. The summed E-state index contributed by atoms with van der Waals surface area (Å²) in [5, 5.41) is 13.8. The van der Waals surface area contributed by atoms with Crippen LogP contribution < -0.4 is 15.5 Å². The molecule has 6 rings (SSSR count). The van der Waals surface area contributed by atoms with E-state index in [1.54, 1.807) is 7.11 Å². The highest BCUT2D eigenvalue weighted by molar-refractivity contribution is 5.97. The van der Waals surface area contributed by atoms with Gasteiger partial charge in [0.1, 0.15) is 11.9 Å². The number of hydrogen-bond acceptors (Lipinski definition) is 8. The van der Waals surface area contributed by atoms with E-state index in [0.29, 0.717) is 30.5 Å². The molecule has 1 saturated heterocycles. The summed E-state index contributed by atoms with van der Waals surface area (Å²) in [4.78, 5) is 28.4. The van der Waals surface area contributed by atoms with Crippen molar-refractivity contribution in [3.8, 4) is 0 Å². The van der Waals surface area contributed by atoms with Gasteiger partial charge in [0.25, 0.3) is 0 Å². The maximum absolute atomic E-state index is 13.2. The van der Waals surface area contributed by atoms with Crippen molar-refractivity contribution in [2.75, 3.05) is 29.2 Å². The van der Waals surface area contributed by atoms with Crippen molar-refractivity contribution >= 4 is 29.2 Å². The van der Waals surface area contributed by atoms with E-state index in [1.807, 2.05) is 11.0 Å². The van der Waals surface area contributed by atoms with Gasteiger partial charge in [0, 0.05) is 43.3 Å². The fraction of sp³-hybridized carbons (Fsp3) is 0.458. The third-order valence-corrected chi connectivity index (χ3v) is 6.93. The first kappa shape index (κ1) is 21.9. The van der Waals surface area contributed by atoms with E-state index in [2.05, 4.69) is 25.8 Å². The summed E-state index contributed by atoms with van der Waals surface area (Å²) in [5.41, 5.74) is 3.68. The topological polar surface area (TPSA) is 121 Å². The zero-order chi connectivity index (χ0) is 23.9. The van der Waals surface area contributed by atoms with Crippen LogP contribution in [0.4, 0.5) is 27.7 Å². The van der Waals surface area contributed by atoms with Crippen molar-refractivity contribution in [3.63, 3.8) is 0 Å². The molecular weight excluding hydrogens is 451 g/mol. The number of amides is 1. The van der Waals surface area contributed by atoms with E-state index >= 15 is 0 Å². The smallest absolute Gasteiger partial charge is 0.247 e. The molecule has 10 nitrogen and oxygen atoms in total. The van der Waals surface area contributed by atoms with Gasteiger partial charge in [-0.1, -0.05) is 0 Å². The Morgan fingerprint density at radius 2 is 2.14 bits per heavy atom. The van der Waals surface area contributed by atoms with Crippen LogP contribution in [0.2, 0.25) is 0 Å². The first-order chi connectivity index (χ1) is 17.1. The number of nitrogens with one attached hydrogen (secondary N) is 3. The van der Waals surface area contributed by atoms with Gasteiger partial charge >= 0.3 is 0 Å². The van der Waals surface area contributed by atoms with E-state index in [-0.39, 0.29) is 12.0 Å². The number of rotatable bonds is 7. The van der Waals surface area contributed by atoms with Gasteiger partial charge in [-0.2, -0.15) is 14.5 Å². The van der Waals surface area contributed by atoms with E-state index in [1.165, 1.54) is 31.2 Å². The summed E-state index contributed by atoms with van der Waals surface area (Å²) in [6.45, 7) is 0.489. The molecule has 0 radical (unpaired) electrons. The molecule has 0 bridgehead atoms. The summed E-state index contributed by atoms with van der Waals surface area (Å²) >= 11 is 0. The second-order valence-corrected chi connectivity index (χ2v) is 9.38. The predicted molar refractivity (Wildman–Crippen MR) is 127 cm³/mol. The third kappa shape index (κ3) is 4.43. The number of halogens is 1. The molecule has 1 amide bonds. The fourth-order valence-corrected chi connectivity index (χ4v) is 4.89. The predicted octanol–water partition coefficient (Wildman–Crippen LogP) is 3.08. The molecule has 1 aliphatic heterocycles. The molecule has 4 heterocycles. The number of fused-ring (bicyclic) bond motifs is 1. The number of carbonyl (C=O) groups is 1. The molecule has 182 valence electrons. The van der Waals surface area contributed by atoms with Crippen LogP contribution in [0.3, 0.4) is 0 Å². The molecule has 3 aromatic rings. The van der Waals surface area contributed by atoms with E-state index in [4.69, 9.17) is 14.7 Å². The molecule has 0 spiro atoms. The van der Waals surface area contributed by atoms with Crippen molar-refractivity contribution in [3.05, 3.63) is 47.3 Å². The standard InChI is InChI=1S/C24H27FN8O2/c1-35-15-9-19(23(34)27-14-7-8-20(25)26-11-14)33(12-15)24-28-17-4-2-3-16(17)22(30-24)29-21-10-18(31-32-21)13-5-6-13/h7-8,10-11,13,15,19H,2-6,9,12H2,1H3,(H,27,34)(H2,28,29,30,31,32)/t15-,19+/m1/s1. The number of aromatic nitrogens is 5. The molecule has 3 N–H and O–H groups in total. The number of ether oxygens (including phenoxy) is 1. The average molecular weight is 479 g/mol. The highest BCUT2D eigenvalue weighted by Gasteiger charge is 2.39. The lowest BCUT2D eigenvalue weighted by atomic mass is 10.2. The molecule has 3 aliphatic rings. The third-order valence-electron chi connectivity index (χ3n) is 6.93. The van der Waals surface area contributed by atoms with Crippen molar-refractivity contribution in [1.82, 2.24) is 25.1 Å². The monoisotopic (exact) mass is 478 g/mol. The highest BCUT2D eigenvalue weighted by atomic mass is 19.1. The Hall–Kier alpha value is -3.60. The lowest BCUT2D eigenvalue weighted by Gasteiger charge is -2.25. The Labute approximate surface area is 201 Å². The van der Waals surface area contributed by atoms with Crippen molar-refractivity contribution in [2.24, 2.45) is 0 Å². The number of aryl methyl sites for hydroxylation is 1. The molecule has 11 heteroatoms. The molecule has 2 atom stereocenters. The minimum absolute atomic E-state index is 0.141. The highest BCUT2D eigenvalue weighted by Crippen LogP contribution is 2.40. The number of anilines is 4. The maximum atomic E-state index is 13.2. The summed E-state index contributed by atoms with van der Waals surface area (Å²) in [6, 6.07) is 4.21. The van der Waals surface area contributed by atoms with Crippen LogP contribution in [-0.2, 0) is 22.4 Å². The molecular formula is C24H27FN8O2. The summed E-state index contributed by atoms with van der Waals surface area (Å²) in [6.07, 6.45) is 6.82. The number of carbonyl (C=O) groups excluding carboxylic acids is 1. The van der Waals surface area contributed by atoms with Crippen LogP contribution >= 0.6 is 0 Å². The zero-order valence-electron chi connectivity index (χ0n) is 19.4. The minimum Gasteiger partial charge on any atom is -0.380 e. The summed E-state index contributed by atoms with van der Waals surface area (Å²) < 4.78 is 18.8. The first-order valence-corrected chi connectivity index (χ1v) is 12.0. The Balaban J connectivity index is 1.28. The maximum Gasteiger partial charge on any atom is 0.247 e. The first-order valence-electron chi connectivity index (χ1n) is 12.0. The van der Waals surface area contributed by atoms with E-state index in [9.17, 15) is 9.18 Å². The van der Waals surface area contributed by atoms with Crippen LogP contribution in [0.1, 0.15) is 48.6 Å². The lowest BCUT2D eigenvalue weighted by molar-refractivity contribution is -0.117. The molecule has 0 aromatic carbocycles. The van der Waals surface area contributed by atoms with Crippen molar-refractivity contribution in [2.45, 2.75) is 56.6 Å². The Morgan fingerprint density at radius 3 is 2.91 bits per heavy atom. The van der Waals surface area contributed by atoms with Crippen LogP contribution in [0, 0.1) is 5.95 Å². The fourth-order valence-electron chi connectivity index (χ4n) is 4.89. The van der Waals surface area contributed by atoms with Gasteiger partial charge in [0.15, 0.2) is 5.82 Å². The molecule has 3 aromatic heterocycles. The molecule has 1 saturated carbocycles. The SMILES string of the molecule is CO[C@@H]1C[C@@H](C(=O)Nc2ccc(F)nc2)N(c2nc3c(c(Nc4cc(C5CC5)[nH]n4)n2)CCC3)C1. The van der Waals surface area contributed by atoms with E-state index < -0.39 is 12.0 Å². The van der Waals surface area contributed by atoms with E-state index in [0.717, 1.165) is 47.8 Å². The van der Waals surface area contributed by atoms with Gasteiger partial charge in [0.05, 0.1) is 23.7 Å². The van der Waals surface area contributed by atoms with Crippen LogP contribution in [-0.4, -0.2) is 56.9 Å². The van der Waals surface area contributed by atoms with Crippen LogP contribution in [0.15, 0.2) is 24.4 Å². The molecule has 2 fully saturated rings. The Kier molecular flexibility index (Phi) is 5.56. The van der Waals surface area contributed by atoms with Gasteiger partial charge in [-0.15, -0.1) is 0 Å². The second kappa shape index (κ2) is 8.88. The van der Waals surface area contributed by atoms with Gasteiger partial charge in [-0.3, -0.25) is 9.89 Å². The van der Waals surface area contributed by atoms with Crippen molar-refractivity contribution < 1.29 is 13.9 Å². The number of methoxy groups -OCH3 is 1. The molecule has 0 unspecified atom stereocenters.